The molecule has 94 valence electrons. The maximum atomic E-state index is 12.4. The van der Waals surface area contributed by atoms with Gasteiger partial charge in [0, 0.05) is 25.7 Å². The monoisotopic (exact) mass is 237 g/mol. The molecule has 1 aromatic rings. The van der Waals surface area contributed by atoms with Gasteiger partial charge in [0.25, 0.3) is 5.91 Å². The summed E-state index contributed by atoms with van der Waals surface area (Å²) in [6, 6.07) is 0.231. The average molecular weight is 237 g/mol. The van der Waals surface area contributed by atoms with Crippen molar-refractivity contribution in [1.82, 2.24) is 15.0 Å². The first-order chi connectivity index (χ1) is 8.00. The maximum Gasteiger partial charge on any atom is 0.259 e. The number of rotatable bonds is 1. The van der Waals surface area contributed by atoms with Crippen molar-refractivity contribution in [2.45, 2.75) is 26.8 Å². The van der Waals surface area contributed by atoms with Gasteiger partial charge in [0.2, 0.25) is 0 Å². The molecule has 17 heavy (non-hydrogen) atoms. The molecular weight excluding hydrogens is 218 g/mol. The lowest BCUT2D eigenvalue weighted by Gasteiger charge is -2.38. The van der Waals surface area contributed by atoms with Gasteiger partial charge in [-0.25, -0.2) is 0 Å². The molecular formula is C12H19N3O2. The molecule has 0 bridgehead atoms. The first kappa shape index (κ1) is 12.1. The van der Waals surface area contributed by atoms with Crippen molar-refractivity contribution in [1.29, 1.82) is 0 Å². The number of amides is 1. The number of hydrogen-bond donors (Lipinski definition) is 0. The number of carbonyl (C=O) groups is 1. The maximum absolute atomic E-state index is 12.4. The Hall–Kier alpha value is -1.36. The van der Waals surface area contributed by atoms with E-state index in [-0.39, 0.29) is 11.9 Å². The van der Waals surface area contributed by atoms with Crippen molar-refractivity contribution in [2.24, 2.45) is 0 Å². The zero-order chi connectivity index (χ0) is 12.6. The molecule has 0 radical (unpaired) electrons. The molecule has 1 aliphatic heterocycles. The quantitative estimate of drug-likeness (QED) is 0.733. The molecule has 1 saturated heterocycles. The summed E-state index contributed by atoms with van der Waals surface area (Å²) in [5, 5.41) is 3.84. The van der Waals surface area contributed by atoms with Crippen molar-refractivity contribution in [3.63, 3.8) is 0 Å². The van der Waals surface area contributed by atoms with Crippen LogP contribution in [0.4, 0.5) is 0 Å². The number of aromatic nitrogens is 1. The Kier molecular flexibility index (Phi) is 3.19. The molecule has 1 aromatic heterocycles. The van der Waals surface area contributed by atoms with Crippen molar-refractivity contribution in [2.75, 3.05) is 26.7 Å². The Bertz CT molecular complexity index is 408. The lowest BCUT2D eigenvalue weighted by Crippen LogP contribution is -2.52. The Morgan fingerprint density at radius 1 is 1.41 bits per heavy atom. The highest BCUT2D eigenvalue weighted by molar-refractivity contribution is 5.96. The van der Waals surface area contributed by atoms with Crippen LogP contribution in [0.25, 0.3) is 0 Å². The number of nitrogens with zero attached hydrogens (tertiary/aromatic N) is 3. The fraction of sp³-hybridized carbons (Fsp3) is 0.667. The minimum atomic E-state index is 0.0434. The number of piperazine rings is 1. The van der Waals surface area contributed by atoms with Gasteiger partial charge >= 0.3 is 0 Å². The van der Waals surface area contributed by atoms with Crippen molar-refractivity contribution >= 4 is 5.91 Å². The van der Waals surface area contributed by atoms with Gasteiger partial charge in [0.1, 0.15) is 11.3 Å². The number of hydrogen-bond acceptors (Lipinski definition) is 4. The molecule has 1 amide bonds. The first-order valence-electron chi connectivity index (χ1n) is 5.93. The van der Waals surface area contributed by atoms with E-state index in [0.29, 0.717) is 17.0 Å². The summed E-state index contributed by atoms with van der Waals surface area (Å²) >= 11 is 0. The predicted octanol–water partition coefficient (Wildman–Crippen LogP) is 1.07. The van der Waals surface area contributed by atoms with Gasteiger partial charge < -0.3 is 14.3 Å². The third kappa shape index (κ3) is 2.20. The molecule has 5 nitrogen and oxygen atoms in total. The van der Waals surface area contributed by atoms with Gasteiger partial charge in [-0.1, -0.05) is 5.16 Å². The summed E-state index contributed by atoms with van der Waals surface area (Å²) in [5.41, 5.74) is 1.31. The Morgan fingerprint density at radius 2 is 2.12 bits per heavy atom. The van der Waals surface area contributed by atoms with Gasteiger partial charge in [0.15, 0.2) is 0 Å². The van der Waals surface area contributed by atoms with E-state index in [9.17, 15) is 4.79 Å². The largest absolute Gasteiger partial charge is 0.361 e. The molecule has 1 unspecified atom stereocenters. The number of likely N-dealkylation sites (N-methyl/N-ethyl adjacent to an activating group) is 1. The normalized spacial score (nSPS) is 21.9. The van der Waals surface area contributed by atoms with E-state index in [4.69, 9.17) is 4.52 Å². The fourth-order valence-corrected chi connectivity index (χ4v) is 2.37. The standard InChI is InChI=1S/C12H19N3O2/c1-8-7-14(4)5-6-15(8)12(16)11-9(2)13-17-10(11)3/h8H,5-7H2,1-4H3. The summed E-state index contributed by atoms with van der Waals surface area (Å²) in [7, 11) is 2.08. The minimum Gasteiger partial charge on any atom is -0.361 e. The molecule has 2 heterocycles. The van der Waals surface area contributed by atoms with Crippen LogP contribution < -0.4 is 0 Å². The second kappa shape index (κ2) is 4.49. The van der Waals surface area contributed by atoms with Gasteiger partial charge in [-0.05, 0) is 27.8 Å². The van der Waals surface area contributed by atoms with E-state index in [0.717, 1.165) is 19.6 Å². The van der Waals surface area contributed by atoms with E-state index in [1.165, 1.54) is 0 Å². The summed E-state index contributed by atoms with van der Waals surface area (Å²) in [6.07, 6.45) is 0. The molecule has 0 spiro atoms. The van der Waals surface area contributed by atoms with E-state index in [1.807, 2.05) is 11.8 Å². The zero-order valence-electron chi connectivity index (χ0n) is 10.9. The highest BCUT2D eigenvalue weighted by Gasteiger charge is 2.29. The molecule has 0 aromatic carbocycles. The average Bonchev–Trinajstić information content (AvgIpc) is 2.58. The second-order valence-corrected chi connectivity index (χ2v) is 4.81. The summed E-state index contributed by atoms with van der Waals surface area (Å²) in [6.45, 7) is 8.26. The Balaban J connectivity index is 2.21. The van der Waals surface area contributed by atoms with Crippen LogP contribution in [0.1, 0.15) is 28.7 Å². The summed E-state index contributed by atoms with van der Waals surface area (Å²) < 4.78 is 5.06. The Labute approximate surface area is 101 Å². The van der Waals surface area contributed by atoms with E-state index >= 15 is 0 Å². The van der Waals surface area contributed by atoms with Crippen LogP contribution in [0.2, 0.25) is 0 Å². The molecule has 5 heteroatoms. The highest BCUT2D eigenvalue weighted by atomic mass is 16.5. The molecule has 0 aliphatic carbocycles. The van der Waals surface area contributed by atoms with Gasteiger partial charge in [-0.3, -0.25) is 4.79 Å². The third-order valence-corrected chi connectivity index (χ3v) is 3.34. The number of carbonyl (C=O) groups excluding carboxylic acids is 1. The third-order valence-electron chi connectivity index (χ3n) is 3.34. The highest BCUT2D eigenvalue weighted by Crippen LogP contribution is 2.18. The summed E-state index contributed by atoms with van der Waals surface area (Å²) in [5.74, 6) is 0.653. The fourth-order valence-electron chi connectivity index (χ4n) is 2.37. The number of aryl methyl sites for hydroxylation is 2. The zero-order valence-corrected chi connectivity index (χ0v) is 10.9. The topological polar surface area (TPSA) is 49.6 Å². The van der Waals surface area contributed by atoms with E-state index in [1.54, 1.807) is 6.92 Å². The van der Waals surface area contributed by atoms with Crippen LogP contribution in [0.5, 0.6) is 0 Å². The molecule has 0 saturated carbocycles. The van der Waals surface area contributed by atoms with Crippen LogP contribution >= 0.6 is 0 Å². The molecule has 1 fully saturated rings. The van der Waals surface area contributed by atoms with Crippen LogP contribution in [0, 0.1) is 13.8 Å². The molecule has 1 atom stereocenters. The lowest BCUT2D eigenvalue weighted by atomic mass is 10.1. The van der Waals surface area contributed by atoms with E-state index in [2.05, 4.69) is 24.0 Å². The van der Waals surface area contributed by atoms with Crippen molar-refractivity contribution < 1.29 is 9.32 Å². The summed E-state index contributed by atoms with van der Waals surface area (Å²) in [4.78, 5) is 16.6. The van der Waals surface area contributed by atoms with Crippen molar-refractivity contribution in [3.8, 4) is 0 Å². The minimum absolute atomic E-state index is 0.0434. The smallest absolute Gasteiger partial charge is 0.259 e. The molecule has 0 N–H and O–H groups in total. The van der Waals surface area contributed by atoms with Gasteiger partial charge in [0.05, 0.1) is 5.69 Å². The van der Waals surface area contributed by atoms with Gasteiger partial charge in [-0.15, -0.1) is 0 Å². The molecule has 1 aliphatic rings. The van der Waals surface area contributed by atoms with Crippen LogP contribution in [-0.4, -0.2) is 53.6 Å². The Morgan fingerprint density at radius 3 is 2.65 bits per heavy atom. The lowest BCUT2D eigenvalue weighted by molar-refractivity contribution is 0.0531. The van der Waals surface area contributed by atoms with Gasteiger partial charge in [-0.2, -0.15) is 0 Å². The van der Waals surface area contributed by atoms with Crippen molar-refractivity contribution in [3.05, 3.63) is 17.0 Å². The second-order valence-electron chi connectivity index (χ2n) is 4.81. The SMILES string of the molecule is Cc1noc(C)c1C(=O)N1CCN(C)CC1C. The van der Waals surface area contributed by atoms with Crippen LogP contribution in [-0.2, 0) is 0 Å². The predicted molar refractivity (Wildman–Crippen MR) is 64.0 cm³/mol. The van der Waals surface area contributed by atoms with E-state index < -0.39 is 0 Å². The first-order valence-corrected chi connectivity index (χ1v) is 5.93. The van der Waals surface area contributed by atoms with Crippen LogP contribution in [0.3, 0.4) is 0 Å². The molecule has 2 rings (SSSR count). The van der Waals surface area contributed by atoms with Crippen LogP contribution in [0.15, 0.2) is 4.52 Å².